The van der Waals surface area contributed by atoms with Crippen LogP contribution in [0.1, 0.15) is 58.8 Å². The van der Waals surface area contributed by atoms with E-state index in [0.717, 1.165) is 0 Å². The van der Waals surface area contributed by atoms with Gasteiger partial charge in [0.25, 0.3) is 0 Å². The SMILES string of the molecule is CCCCC(=CCCI)CCCC. The van der Waals surface area contributed by atoms with Gasteiger partial charge in [0.15, 0.2) is 0 Å². The summed E-state index contributed by atoms with van der Waals surface area (Å²) >= 11 is 2.45. The summed E-state index contributed by atoms with van der Waals surface area (Å²) in [6.45, 7) is 4.55. The molecule has 0 aromatic heterocycles. The van der Waals surface area contributed by atoms with Gasteiger partial charge < -0.3 is 0 Å². The lowest BCUT2D eigenvalue weighted by Gasteiger charge is -2.05. The van der Waals surface area contributed by atoms with Crippen molar-refractivity contribution in [1.29, 1.82) is 0 Å². The van der Waals surface area contributed by atoms with Gasteiger partial charge in [-0.05, 0) is 32.1 Å². The van der Waals surface area contributed by atoms with Gasteiger partial charge in [0.05, 0.1) is 0 Å². The molecule has 0 heterocycles. The molecule has 1 heteroatoms. The number of alkyl halides is 1. The lowest BCUT2D eigenvalue weighted by atomic mass is 10.0. The average Bonchev–Trinajstić information content (AvgIpc) is 2.17. The quantitative estimate of drug-likeness (QED) is 0.331. The predicted octanol–water partition coefficient (Wildman–Crippen LogP) is 5.12. The fourth-order valence-corrected chi connectivity index (χ4v) is 1.71. The van der Waals surface area contributed by atoms with Crippen LogP contribution in [0, 0.1) is 0 Å². The number of allylic oxidation sites excluding steroid dienone is 2. The summed E-state index contributed by atoms with van der Waals surface area (Å²) in [5.41, 5.74) is 1.71. The second-order valence-electron chi connectivity index (χ2n) is 3.55. The van der Waals surface area contributed by atoms with Crippen LogP contribution in [0.25, 0.3) is 0 Å². The van der Waals surface area contributed by atoms with E-state index in [4.69, 9.17) is 0 Å². The smallest absolute Gasteiger partial charge is 0.00300 e. The Morgan fingerprint density at radius 2 is 1.62 bits per heavy atom. The van der Waals surface area contributed by atoms with Crippen molar-refractivity contribution in [3.63, 3.8) is 0 Å². The predicted molar refractivity (Wildman–Crippen MR) is 70.6 cm³/mol. The first-order valence-electron chi connectivity index (χ1n) is 5.59. The zero-order chi connectivity index (χ0) is 9.94. The monoisotopic (exact) mass is 294 g/mol. The van der Waals surface area contributed by atoms with Crippen molar-refractivity contribution < 1.29 is 0 Å². The molecule has 0 rings (SSSR count). The molecule has 0 nitrogen and oxygen atoms in total. The highest BCUT2D eigenvalue weighted by atomic mass is 127. The van der Waals surface area contributed by atoms with Crippen LogP contribution >= 0.6 is 22.6 Å². The van der Waals surface area contributed by atoms with E-state index in [1.807, 2.05) is 0 Å². The summed E-state index contributed by atoms with van der Waals surface area (Å²) in [5, 5.41) is 0. The van der Waals surface area contributed by atoms with E-state index >= 15 is 0 Å². The van der Waals surface area contributed by atoms with Gasteiger partial charge in [-0.15, -0.1) is 0 Å². The van der Waals surface area contributed by atoms with Crippen LogP contribution in [-0.2, 0) is 0 Å². The highest BCUT2D eigenvalue weighted by molar-refractivity contribution is 14.1. The summed E-state index contributed by atoms with van der Waals surface area (Å²) in [6.07, 6.45) is 11.8. The second-order valence-corrected chi connectivity index (χ2v) is 4.63. The molecular weight excluding hydrogens is 271 g/mol. The molecule has 0 aromatic rings. The van der Waals surface area contributed by atoms with E-state index in [2.05, 4.69) is 42.5 Å². The number of hydrogen-bond donors (Lipinski definition) is 0. The van der Waals surface area contributed by atoms with E-state index in [1.165, 1.54) is 49.4 Å². The lowest BCUT2D eigenvalue weighted by Crippen LogP contribution is -1.86. The summed E-state index contributed by atoms with van der Waals surface area (Å²) in [5.74, 6) is 0. The Labute approximate surface area is 97.3 Å². The van der Waals surface area contributed by atoms with E-state index in [9.17, 15) is 0 Å². The van der Waals surface area contributed by atoms with Crippen LogP contribution in [0.15, 0.2) is 11.6 Å². The van der Waals surface area contributed by atoms with Crippen LogP contribution in [0.2, 0.25) is 0 Å². The Balaban J connectivity index is 3.72. The molecule has 0 atom stereocenters. The summed E-state index contributed by atoms with van der Waals surface area (Å²) in [7, 11) is 0. The van der Waals surface area contributed by atoms with Crippen LogP contribution < -0.4 is 0 Å². The minimum atomic E-state index is 1.26. The third-order valence-electron chi connectivity index (χ3n) is 2.25. The second kappa shape index (κ2) is 10.6. The fraction of sp³-hybridized carbons (Fsp3) is 0.833. The van der Waals surface area contributed by atoms with Crippen LogP contribution in [0.3, 0.4) is 0 Å². The molecule has 0 aliphatic carbocycles. The van der Waals surface area contributed by atoms with Gasteiger partial charge in [-0.1, -0.05) is 60.9 Å². The molecule has 0 radical (unpaired) electrons. The minimum Gasteiger partial charge on any atom is -0.0860 e. The third-order valence-corrected chi connectivity index (χ3v) is 2.87. The summed E-state index contributed by atoms with van der Waals surface area (Å²) in [6, 6.07) is 0. The molecule has 0 amide bonds. The van der Waals surface area contributed by atoms with Crippen molar-refractivity contribution >= 4 is 22.6 Å². The Bertz CT molecular complexity index is 117. The third kappa shape index (κ3) is 8.79. The van der Waals surface area contributed by atoms with E-state index in [1.54, 1.807) is 5.57 Å². The molecule has 0 bridgehead atoms. The zero-order valence-corrected chi connectivity index (χ0v) is 11.3. The molecule has 0 fully saturated rings. The number of halogens is 1. The average molecular weight is 294 g/mol. The lowest BCUT2D eigenvalue weighted by molar-refractivity contribution is 0.709. The maximum atomic E-state index is 2.47. The van der Waals surface area contributed by atoms with Crippen molar-refractivity contribution in [1.82, 2.24) is 0 Å². The summed E-state index contributed by atoms with van der Waals surface area (Å²) < 4.78 is 1.26. The molecule has 0 aromatic carbocycles. The van der Waals surface area contributed by atoms with E-state index in [0.29, 0.717) is 0 Å². The molecule has 0 unspecified atom stereocenters. The van der Waals surface area contributed by atoms with Gasteiger partial charge in [-0.3, -0.25) is 0 Å². The first kappa shape index (κ1) is 13.5. The number of hydrogen-bond acceptors (Lipinski definition) is 0. The minimum absolute atomic E-state index is 1.26. The summed E-state index contributed by atoms with van der Waals surface area (Å²) in [4.78, 5) is 0. The Morgan fingerprint density at radius 1 is 1.08 bits per heavy atom. The highest BCUT2D eigenvalue weighted by Crippen LogP contribution is 2.15. The van der Waals surface area contributed by atoms with Gasteiger partial charge in [-0.25, -0.2) is 0 Å². The fourth-order valence-electron chi connectivity index (χ4n) is 1.40. The number of unbranched alkanes of at least 4 members (excludes halogenated alkanes) is 2. The molecule has 0 N–H and O–H groups in total. The Hall–Kier alpha value is 0.470. The van der Waals surface area contributed by atoms with Gasteiger partial charge in [0.2, 0.25) is 0 Å². The molecule has 78 valence electrons. The first-order chi connectivity index (χ1) is 6.35. The molecule has 0 aliphatic heterocycles. The Kier molecular flexibility index (Phi) is 10.9. The highest BCUT2D eigenvalue weighted by Gasteiger charge is 1.96. The molecular formula is C12H23I. The maximum Gasteiger partial charge on any atom is 0.00300 e. The maximum absolute atomic E-state index is 2.47. The van der Waals surface area contributed by atoms with E-state index in [-0.39, 0.29) is 0 Å². The molecule has 13 heavy (non-hydrogen) atoms. The largest absolute Gasteiger partial charge is 0.0860 e. The Morgan fingerprint density at radius 3 is 2.00 bits per heavy atom. The van der Waals surface area contributed by atoms with Crippen LogP contribution in [0.5, 0.6) is 0 Å². The molecule has 0 spiro atoms. The van der Waals surface area contributed by atoms with Crippen molar-refractivity contribution in [2.75, 3.05) is 4.43 Å². The normalized spacial score (nSPS) is 10.1. The molecule has 0 saturated heterocycles. The zero-order valence-electron chi connectivity index (χ0n) is 9.11. The molecule has 0 saturated carbocycles. The van der Waals surface area contributed by atoms with E-state index < -0.39 is 0 Å². The van der Waals surface area contributed by atoms with Gasteiger partial charge in [0.1, 0.15) is 0 Å². The van der Waals surface area contributed by atoms with Gasteiger partial charge >= 0.3 is 0 Å². The topological polar surface area (TPSA) is 0 Å². The van der Waals surface area contributed by atoms with Crippen molar-refractivity contribution in [2.45, 2.75) is 58.8 Å². The van der Waals surface area contributed by atoms with Crippen LogP contribution in [0.4, 0.5) is 0 Å². The van der Waals surface area contributed by atoms with Crippen LogP contribution in [-0.4, -0.2) is 4.43 Å². The standard InChI is InChI=1S/C12H23I/c1-3-5-8-12(9-6-4-2)10-7-11-13/h10H,3-9,11H2,1-2H3. The number of rotatable bonds is 8. The van der Waals surface area contributed by atoms with Gasteiger partial charge in [0, 0.05) is 4.43 Å². The van der Waals surface area contributed by atoms with Crippen molar-refractivity contribution in [3.8, 4) is 0 Å². The van der Waals surface area contributed by atoms with Crippen molar-refractivity contribution in [3.05, 3.63) is 11.6 Å². The van der Waals surface area contributed by atoms with Gasteiger partial charge in [-0.2, -0.15) is 0 Å². The van der Waals surface area contributed by atoms with Crippen molar-refractivity contribution in [2.24, 2.45) is 0 Å². The molecule has 0 aliphatic rings. The first-order valence-corrected chi connectivity index (χ1v) is 7.11.